The zero-order valence-electron chi connectivity index (χ0n) is 12.2. The van der Waals surface area contributed by atoms with Crippen molar-refractivity contribution >= 4 is 33.4 Å². The summed E-state index contributed by atoms with van der Waals surface area (Å²) in [5.41, 5.74) is -0.800. The fraction of sp³-hybridized carbons (Fsp3) is 0.429. The number of aliphatic hydroxyl groups is 1. The summed E-state index contributed by atoms with van der Waals surface area (Å²) in [4.78, 5) is 25.8. The highest BCUT2D eigenvalue weighted by Gasteiger charge is 2.55. The molecule has 23 heavy (non-hydrogen) atoms. The van der Waals surface area contributed by atoms with Crippen molar-refractivity contribution in [2.45, 2.75) is 24.6 Å². The van der Waals surface area contributed by atoms with Crippen LogP contribution in [0, 0.1) is 0 Å². The summed E-state index contributed by atoms with van der Waals surface area (Å²) in [7, 11) is -3.48. The predicted octanol–water partition coefficient (Wildman–Crippen LogP) is 0.265. The lowest BCUT2D eigenvalue weighted by molar-refractivity contribution is -0.133. The molecule has 3 rings (SSSR count). The number of sulfone groups is 1. The molecule has 9 heteroatoms. The monoisotopic (exact) mass is 358 g/mol. The van der Waals surface area contributed by atoms with E-state index in [0.717, 1.165) is 4.90 Å². The second-order valence-electron chi connectivity index (χ2n) is 5.95. The normalized spacial score (nSPS) is 33.1. The lowest BCUT2D eigenvalue weighted by Crippen LogP contribution is -2.48. The third kappa shape index (κ3) is 2.60. The smallest absolute Gasteiger partial charge is 0.325 e. The van der Waals surface area contributed by atoms with E-state index in [1.54, 1.807) is 24.3 Å². The summed E-state index contributed by atoms with van der Waals surface area (Å²) in [6, 6.07) is 4.64. The summed E-state index contributed by atoms with van der Waals surface area (Å²) in [6.45, 7) is 1.53. The average Bonchev–Trinajstić information content (AvgIpc) is 2.84. The Kier molecular flexibility index (Phi) is 3.66. The molecule has 2 saturated heterocycles. The van der Waals surface area contributed by atoms with Crippen molar-refractivity contribution in [3.63, 3.8) is 0 Å². The minimum absolute atomic E-state index is 0.427. The van der Waals surface area contributed by atoms with Gasteiger partial charge in [-0.3, -0.25) is 9.69 Å². The van der Waals surface area contributed by atoms with Gasteiger partial charge in [0.1, 0.15) is 5.54 Å². The predicted molar refractivity (Wildman–Crippen MR) is 82.6 cm³/mol. The van der Waals surface area contributed by atoms with E-state index in [-0.39, 0.29) is 0 Å². The molecule has 3 amide bonds. The van der Waals surface area contributed by atoms with Crippen molar-refractivity contribution < 1.29 is 23.1 Å². The Balaban J connectivity index is 1.95. The molecule has 0 radical (unpaired) electrons. The number of halogens is 1. The van der Waals surface area contributed by atoms with E-state index >= 15 is 0 Å². The Labute approximate surface area is 138 Å². The van der Waals surface area contributed by atoms with Crippen LogP contribution < -0.4 is 5.32 Å². The van der Waals surface area contributed by atoms with Crippen LogP contribution in [0.1, 0.15) is 12.5 Å². The van der Waals surface area contributed by atoms with Crippen molar-refractivity contribution in [2.24, 2.45) is 0 Å². The standard InChI is InChI=1S/C14H15ClN2O5S/c1-14(8-2-4-9(15)5-3-8)12(19)17(13(20)16-14)10-6-23(21,22)7-11(10)18/h2-5,10-11,18H,6-7H2,1H3,(H,16,20)/t10-,11+,14-/m1/s1. The minimum Gasteiger partial charge on any atom is -0.390 e. The number of rotatable bonds is 2. The number of nitrogens with zero attached hydrogens (tertiary/aromatic N) is 1. The molecule has 1 aromatic carbocycles. The molecule has 0 aromatic heterocycles. The number of hydrogen-bond donors (Lipinski definition) is 2. The number of hydrogen-bond acceptors (Lipinski definition) is 5. The number of carbonyl (C=O) groups excluding carboxylic acids is 2. The van der Waals surface area contributed by atoms with Gasteiger partial charge in [0.05, 0.1) is 23.7 Å². The Morgan fingerprint density at radius 1 is 1.26 bits per heavy atom. The van der Waals surface area contributed by atoms with E-state index in [9.17, 15) is 23.1 Å². The molecule has 0 saturated carbocycles. The Bertz CT molecular complexity index is 779. The van der Waals surface area contributed by atoms with Gasteiger partial charge in [0, 0.05) is 5.02 Å². The lowest BCUT2D eigenvalue weighted by Gasteiger charge is -2.25. The van der Waals surface area contributed by atoms with Gasteiger partial charge in [-0.1, -0.05) is 23.7 Å². The van der Waals surface area contributed by atoms with Crippen LogP contribution >= 0.6 is 11.6 Å². The molecule has 7 nitrogen and oxygen atoms in total. The third-order valence-corrected chi connectivity index (χ3v) is 6.22. The van der Waals surface area contributed by atoms with Gasteiger partial charge in [0.2, 0.25) is 0 Å². The van der Waals surface area contributed by atoms with Crippen molar-refractivity contribution in [1.29, 1.82) is 0 Å². The molecule has 3 atom stereocenters. The summed E-state index contributed by atoms with van der Waals surface area (Å²) >= 11 is 5.83. The maximum Gasteiger partial charge on any atom is 0.325 e. The molecule has 2 heterocycles. The van der Waals surface area contributed by atoms with Gasteiger partial charge in [0.15, 0.2) is 9.84 Å². The van der Waals surface area contributed by atoms with Gasteiger partial charge in [0.25, 0.3) is 5.91 Å². The average molecular weight is 359 g/mol. The van der Waals surface area contributed by atoms with Gasteiger partial charge in [-0.25, -0.2) is 13.2 Å². The summed E-state index contributed by atoms with van der Waals surface area (Å²) < 4.78 is 23.3. The second kappa shape index (κ2) is 5.19. The van der Waals surface area contributed by atoms with Crippen molar-refractivity contribution in [3.8, 4) is 0 Å². The third-order valence-electron chi connectivity index (χ3n) is 4.27. The van der Waals surface area contributed by atoms with E-state index in [1.807, 2.05) is 0 Å². The zero-order valence-corrected chi connectivity index (χ0v) is 13.8. The molecule has 0 aliphatic carbocycles. The molecule has 2 aliphatic heterocycles. The number of urea groups is 1. The second-order valence-corrected chi connectivity index (χ2v) is 8.54. The zero-order chi connectivity index (χ0) is 17.0. The van der Waals surface area contributed by atoms with Crippen molar-refractivity contribution in [2.75, 3.05) is 11.5 Å². The molecule has 2 aliphatic rings. The summed E-state index contributed by atoms with van der Waals surface area (Å²) in [5.74, 6) is -1.47. The van der Waals surface area contributed by atoms with Crippen LogP contribution in [-0.4, -0.2) is 54.0 Å². The Morgan fingerprint density at radius 3 is 2.39 bits per heavy atom. The molecular weight excluding hydrogens is 344 g/mol. The lowest BCUT2D eigenvalue weighted by atomic mass is 9.92. The quantitative estimate of drug-likeness (QED) is 0.738. The molecule has 0 unspecified atom stereocenters. The van der Waals surface area contributed by atoms with Crippen LogP contribution in [0.2, 0.25) is 5.02 Å². The van der Waals surface area contributed by atoms with Gasteiger partial charge in [-0.2, -0.15) is 0 Å². The largest absolute Gasteiger partial charge is 0.390 e. The summed E-state index contributed by atoms with van der Waals surface area (Å²) in [6.07, 6.45) is -1.28. The SMILES string of the molecule is C[C@]1(c2ccc(Cl)cc2)NC(=O)N([C@@H]2CS(=O)(=O)C[C@@H]2O)C1=O. The van der Waals surface area contributed by atoms with Gasteiger partial charge < -0.3 is 10.4 Å². The Morgan fingerprint density at radius 2 is 1.87 bits per heavy atom. The van der Waals surface area contributed by atoms with E-state index in [4.69, 9.17) is 11.6 Å². The summed E-state index contributed by atoms with van der Waals surface area (Å²) in [5, 5.41) is 13.0. The van der Waals surface area contributed by atoms with Crippen molar-refractivity contribution in [3.05, 3.63) is 34.9 Å². The number of carbonyl (C=O) groups is 2. The van der Waals surface area contributed by atoms with Crippen LogP contribution in [0.25, 0.3) is 0 Å². The first kappa shape index (κ1) is 16.2. The van der Waals surface area contributed by atoms with E-state index in [2.05, 4.69) is 5.32 Å². The topological polar surface area (TPSA) is 104 Å². The maximum absolute atomic E-state index is 12.8. The molecule has 2 N–H and O–H groups in total. The highest BCUT2D eigenvalue weighted by Crippen LogP contribution is 2.33. The molecule has 0 bridgehead atoms. The fourth-order valence-corrected chi connectivity index (χ4v) is 4.89. The van der Waals surface area contributed by atoms with E-state index < -0.39 is 51.0 Å². The van der Waals surface area contributed by atoms with Crippen molar-refractivity contribution in [1.82, 2.24) is 10.2 Å². The van der Waals surface area contributed by atoms with E-state index in [1.165, 1.54) is 6.92 Å². The van der Waals surface area contributed by atoms with E-state index in [0.29, 0.717) is 10.6 Å². The van der Waals surface area contributed by atoms with Gasteiger partial charge >= 0.3 is 6.03 Å². The highest BCUT2D eigenvalue weighted by molar-refractivity contribution is 7.91. The highest BCUT2D eigenvalue weighted by atomic mass is 35.5. The first-order chi connectivity index (χ1) is 10.6. The van der Waals surface area contributed by atoms with Crippen LogP contribution in [0.4, 0.5) is 4.79 Å². The number of amides is 3. The minimum atomic E-state index is -3.48. The Hall–Kier alpha value is -1.64. The molecule has 0 spiro atoms. The number of imide groups is 1. The fourth-order valence-electron chi connectivity index (χ4n) is 3.00. The van der Waals surface area contributed by atoms with Crippen LogP contribution in [0.15, 0.2) is 24.3 Å². The number of aliphatic hydroxyl groups excluding tert-OH is 1. The molecule has 124 valence electrons. The molecule has 2 fully saturated rings. The molecule has 1 aromatic rings. The van der Waals surface area contributed by atoms with Crippen LogP contribution in [0.5, 0.6) is 0 Å². The van der Waals surface area contributed by atoms with Crippen LogP contribution in [0.3, 0.4) is 0 Å². The van der Waals surface area contributed by atoms with Gasteiger partial charge in [-0.15, -0.1) is 0 Å². The first-order valence-electron chi connectivity index (χ1n) is 6.94. The maximum atomic E-state index is 12.8. The first-order valence-corrected chi connectivity index (χ1v) is 9.14. The van der Waals surface area contributed by atoms with Crippen LogP contribution in [-0.2, 0) is 20.2 Å². The molecular formula is C14H15ClN2O5S. The number of nitrogens with one attached hydrogen (secondary N) is 1. The number of benzene rings is 1. The van der Waals surface area contributed by atoms with Gasteiger partial charge in [-0.05, 0) is 24.6 Å².